The third kappa shape index (κ3) is 2.78. The molecule has 0 amide bonds. The second-order valence-electron chi connectivity index (χ2n) is 5.51. The minimum Gasteiger partial charge on any atom is -0.483 e. The van der Waals surface area contributed by atoms with Gasteiger partial charge in [-0.1, -0.05) is 28.9 Å². The molecule has 1 heterocycles. The molecule has 0 spiro atoms. The van der Waals surface area contributed by atoms with E-state index in [0.29, 0.717) is 35.3 Å². The summed E-state index contributed by atoms with van der Waals surface area (Å²) in [6, 6.07) is 12.7. The van der Waals surface area contributed by atoms with Crippen molar-refractivity contribution in [3.8, 4) is 17.1 Å². The average Bonchev–Trinajstić information content (AvgIpc) is 3.21. The van der Waals surface area contributed by atoms with Crippen LogP contribution in [-0.2, 0) is 13.0 Å². The highest BCUT2D eigenvalue weighted by Gasteiger charge is 2.22. The summed E-state index contributed by atoms with van der Waals surface area (Å²) in [6.07, 6.45) is 1.25. The Hall–Kier alpha value is -2.66. The van der Waals surface area contributed by atoms with Gasteiger partial charge in [0.1, 0.15) is 5.75 Å². The number of rotatable bonds is 4. The summed E-state index contributed by atoms with van der Waals surface area (Å²) in [4.78, 5) is 16.1. The number of hydrogen-bond acceptors (Lipinski definition) is 5. The summed E-state index contributed by atoms with van der Waals surface area (Å²) < 4.78 is 11.0. The van der Waals surface area contributed by atoms with Crippen molar-refractivity contribution in [2.75, 3.05) is 0 Å². The number of benzene rings is 2. The number of nitrogens with zero attached hydrogens (tertiary/aromatic N) is 2. The summed E-state index contributed by atoms with van der Waals surface area (Å²) >= 11 is 5.87. The zero-order chi connectivity index (χ0) is 16.5. The van der Waals surface area contributed by atoms with Gasteiger partial charge < -0.3 is 9.26 Å². The molecule has 0 saturated heterocycles. The largest absolute Gasteiger partial charge is 0.483 e. The van der Waals surface area contributed by atoms with Crippen molar-refractivity contribution in [1.29, 1.82) is 0 Å². The maximum absolute atomic E-state index is 11.8. The average molecular weight is 341 g/mol. The molecular formula is C18H13ClN2O3. The second kappa shape index (κ2) is 6.09. The van der Waals surface area contributed by atoms with Gasteiger partial charge in [-0.15, -0.1) is 0 Å². The standard InChI is InChI=1S/C18H13ClN2O3/c19-12-6-4-11(5-7-12)18-20-17(24-21-18)10-23-16-3-1-2-13-14(16)8-9-15(13)22/h1-7H,8-10H2. The summed E-state index contributed by atoms with van der Waals surface area (Å²) in [5.41, 5.74) is 2.53. The molecule has 0 unspecified atom stereocenters. The lowest BCUT2D eigenvalue weighted by Gasteiger charge is -2.07. The van der Waals surface area contributed by atoms with Gasteiger partial charge in [-0.3, -0.25) is 4.79 Å². The molecule has 1 aromatic heterocycles. The summed E-state index contributed by atoms with van der Waals surface area (Å²) in [7, 11) is 0. The molecule has 3 aromatic rings. The summed E-state index contributed by atoms with van der Waals surface area (Å²) in [5.74, 6) is 1.73. The van der Waals surface area contributed by atoms with Gasteiger partial charge in [0.2, 0.25) is 5.82 Å². The van der Waals surface area contributed by atoms with Gasteiger partial charge in [-0.2, -0.15) is 4.98 Å². The highest BCUT2D eigenvalue weighted by molar-refractivity contribution is 6.30. The quantitative estimate of drug-likeness (QED) is 0.715. The van der Waals surface area contributed by atoms with E-state index in [2.05, 4.69) is 10.1 Å². The highest BCUT2D eigenvalue weighted by atomic mass is 35.5. The maximum atomic E-state index is 11.8. The lowest BCUT2D eigenvalue weighted by atomic mass is 10.1. The van der Waals surface area contributed by atoms with E-state index in [0.717, 1.165) is 16.7 Å². The SMILES string of the molecule is O=C1CCc2c(OCc3nc(-c4ccc(Cl)cc4)no3)cccc21. The van der Waals surface area contributed by atoms with Crippen LogP contribution in [-0.4, -0.2) is 15.9 Å². The van der Waals surface area contributed by atoms with Crippen LogP contribution >= 0.6 is 11.6 Å². The number of carbonyl (C=O) groups is 1. The lowest BCUT2D eigenvalue weighted by molar-refractivity contribution is 0.0994. The van der Waals surface area contributed by atoms with E-state index in [1.165, 1.54) is 0 Å². The van der Waals surface area contributed by atoms with Crippen LogP contribution in [0.4, 0.5) is 0 Å². The first-order valence-corrected chi connectivity index (χ1v) is 7.95. The van der Waals surface area contributed by atoms with Crippen LogP contribution in [0.1, 0.15) is 28.2 Å². The van der Waals surface area contributed by atoms with Crippen molar-refractivity contribution in [2.45, 2.75) is 19.4 Å². The van der Waals surface area contributed by atoms with E-state index in [1.54, 1.807) is 12.1 Å². The molecule has 0 bridgehead atoms. The molecule has 1 aliphatic carbocycles. The number of aromatic nitrogens is 2. The van der Waals surface area contributed by atoms with Crippen LogP contribution in [0, 0.1) is 0 Å². The molecule has 4 rings (SSSR count). The van der Waals surface area contributed by atoms with E-state index in [4.69, 9.17) is 20.9 Å². The molecule has 0 aliphatic heterocycles. The van der Waals surface area contributed by atoms with E-state index in [-0.39, 0.29) is 12.4 Å². The number of ketones is 1. The first-order chi connectivity index (χ1) is 11.7. The number of hydrogen-bond donors (Lipinski definition) is 0. The second-order valence-corrected chi connectivity index (χ2v) is 5.95. The zero-order valence-electron chi connectivity index (χ0n) is 12.7. The van der Waals surface area contributed by atoms with Crippen molar-refractivity contribution in [1.82, 2.24) is 10.1 Å². The normalized spacial score (nSPS) is 13.1. The van der Waals surface area contributed by atoms with Gasteiger partial charge in [-0.05, 0) is 36.8 Å². The van der Waals surface area contributed by atoms with Gasteiger partial charge in [0.25, 0.3) is 5.89 Å². The maximum Gasteiger partial charge on any atom is 0.264 e. The van der Waals surface area contributed by atoms with Crippen LogP contribution in [0.15, 0.2) is 47.0 Å². The van der Waals surface area contributed by atoms with Crippen molar-refractivity contribution in [2.24, 2.45) is 0 Å². The third-order valence-electron chi connectivity index (χ3n) is 3.96. The van der Waals surface area contributed by atoms with Gasteiger partial charge in [0.05, 0.1) is 0 Å². The number of halogens is 1. The molecule has 5 nitrogen and oxygen atoms in total. The van der Waals surface area contributed by atoms with Crippen LogP contribution in [0.3, 0.4) is 0 Å². The Morgan fingerprint density at radius 1 is 1.12 bits per heavy atom. The minimum atomic E-state index is 0.158. The van der Waals surface area contributed by atoms with Gasteiger partial charge in [-0.25, -0.2) is 0 Å². The molecule has 0 fully saturated rings. The first-order valence-electron chi connectivity index (χ1n) is 7.57. The molecular weight excluding hydrogens is 328 g/mol. The first kappa shape index (κ1) is 14.9. The Bertz CT molecular complexity index is 903. The Morgan fingerprint density at radius 2 is 1.96 bits per heavy atom. The van der Waals surface area contributed by atoms with Crippen molar-refractivity contribution >= 4 is 17.4 Å². The molecule has 6 heteroatoms. The van der Waals surface area contributed by atoms with E-state index in [9.17, 15) is 4.79 Å². The Labute approximate surface area is 143 Å². The molecule has 0 atom stereocenters. The van der Waals surface area contributed by atoms with Crippen LogP contribution in [0.2, 0.25) is 5.02 Å². The Morgan fingerprint density at radius 3 is 2.79 bits per heavy atom. The van der Waals surface area contributed by atoms with Crippen LogP contribution < -0.4 is 4.74 Å². The predicted molar refractivity (Wildman–Crippen MR) is 88.2 cm³/mol. The smallest absolute Gasteiger partial charge is 0.264 e. The molecule has 120 valence electrons. The van der Waals surface area contributed by atoms with Gasteiger partial charge in [0, 0.05) is 28.1 Å². The fourth-order valence-corrected chi connectivity index (χ4v) is 2.89. The molecule has 24 heavy (non-hydrogen) atoms. The molecule has 0 radical (unpaired) electrons. The Balaban J connectivity index is 1.50. The molecule has 0 N–H and O–H groups in total. The van der Waals surface area contributed by atoms with Crippen molar-refractivity contribution in [3.05, 3.63) is 64.5 Å². The van der Waals surface area contributed by atoms with Crippen molar-refractivity contribution < 1.29 is 14.1 Å². The number of ether oxygens (including phenoxy) is 1. The molecule has 0 saturated carbocycles. The van der Waals surface area contributed by atoms with E-state index in [1.807, 2.05) is 30.3 Å². The summed E-state index contributed by atoms with van der Waals surface area (Å²) in [5, 5.41) is 4.60. The number of carbonyl (C=O) groups excluding carboxylic acids is 1. The van der Waals surface area contributed by atoms with Gasteiger partial charge in [0.15, 0.2) is 12.4 Å². The fraction of sp³-hybridized carbons (Fsp3) is 0.167. The van der Waals surface area contributed by atoms with Crippen LogP contribution in [0.5, 0.6) is 5.75 Å². The zero-order valence-corrected chi connectivity index (χ0v) is 13.4. The number of fused-ring (bicyclic) bond motifs is 1. The lowest BCUT2D eigenvalue weighted by Crippen LogP contribution is -1.99. The minimum absolute atomic E-state index is 0.158. The predicted octanol–water partition coefficient (Wildman–Crippen LogP) is 4.10. The molecule has 1 aliphatic rings. The van der Waals surface area contributed by atoms with Gasteiger partial charge >= 0.3 is 0 Å². The monoisotopic (exact) mass is 340 g/mol. The van der Waals surface area contributed by atoms with Crippen LogP contribution in [0.25, 0.3) is 11.4 Å². The van der Waals surface area contributed by atoms with E-state index >= 15 is 0 Å². The third-order valence-corrected chi connectivity index (χ3v) is 4.21. The number of Topliss-reactive ketones (excluding diaryl/α,β-unsaturated/α-hetero) is 1. The van der Waals surface area contributed by atoms with E-state index < -0.39 is 0 Å². The fourth-order valence-electron chi connectivity index (χ4n) is 2.76. The molecule has 2 aromatic carbocycles. The summed E-state index contributed by atoms with van der Waals surface area (Å²) in [6.45, 7) is 0.158. The Kier molecular flexibility index (Phi) is 3.78. The van der Waals surface area contributed by atoms with Crippen molar-refractivity contribution in [3.63, 3.8) is 0 Å². The highest BCUT2D eigenvalue weighted by Crippen LogP contribution is 2.31. The topological polar surface area (TPSA) is 65.2 Å².